The molecule has 1 unspecified atom stereocenters. The van der Waals surface area contributed by atoms with Crippen molar-refractivity contribution < 1.29 is 27.8 Å². The van der Waals surface area contributed by atoms with Gasteiger partial charge >= 0.3 is 6.36 Å². The Balaban J connectivity index is 2.54. The molecule has 1 atom stereocenters. The lowest BCUT2D eigenvalue weighted by atomic mass is 10.3. The second-order valence-corrected chi connectivity index (χ2v) is 4.57. The first kappa shape index (κ1) is 17.3. The molecule has 1 aromatic rings. The predicted octanol–water partition coefficient (Wildman–Crippen LogP) is 1.84. The number of aliphatic hydroxyl groups excluding tert-OH is 1. The molecule has 0 aliphatic heterocycles. The molecule has 2 N–H and O–H groups in total. The first-order chi connectivity index (χ1) is 9.71. The Kier molecular flexibility index (Phi) is 5.98. The highest BCUT2D eigenvalue weighted by Crippen LogP contribution is 2.23. The molecule has 0 saturated heterocycles. The topological polar surface area (TPSA) is 61.8 Å². The number of anilines is 1. The number of alkyl halides is 3. The highest BCUT2D eigenvalue weighted by Gasteiger charge is 2.30. The fraction of sp³-hybridized carbons (Fsp3) is 0.462. The number of aliphatic hydroxyl groups is 1. The third-order valence-electron chi connectivity index (χ3n) is 2.78. The van der Waals surface area contributed by atoms with Crippen molar-refractivity contribution in [2.24, 2.45) is 0 Å². The fourth-order valence-electron chi connectivity index (χ4n) is 1.46. The van der Waals surface area contributed by atoms with Gasteiger partial charge in [0.15, 0.2) is 0 Å². The van der Waals surface area contributed by atoms with E-state index in [1.807, 2.05) is 0 Å². The van der Waals surface area contributed by atoms with Crippen LogP contribution in [0.1, 0.15) is 6.92 Å². The molecule has 0 radical (unpaired) electrons. The first-order valence-corrected chi connectivity index (χ1v) is 6.18. The molecule has 118 valence electrons. The number of nitrogens with zero attached hydrogens (tertiary/aromatic N) is 1. The van der Waals surface area contributed by atoms with Gasteiger partial charge in [-0.1, -0.05) is 0 Å². The van der Waals surface area contributed by atoms with E-state index >= 15 is 0 Å². The predicted molar refractivity (Wildman–Crippen MR) is 70.9 cm³/mol. The van der Waals surface area contributed by atoms with Gasteiger partial charge in [-0.15, -0.1) is 13.2 Å². The third-order valence-corrected chi connectivity index (χ3v) is 2.78. The average Bonchev–Trinajstić information content (AvgIpc) is 2.38. The molecule has 0 aliphatic rings. The molecule has 1 aromatic carbocycles. The summed E-state index contributed by atoms with van der Waals surface area (Å²) < 4.78 is 39.7. The number of nitrogens with one attached hydrogen (secondary N) is 1. The molecule has 1 rings (SSSR count). The lowest BCUT2D eigenvalue weighted by Gasteiger charge is -2.22. The van der Waals surface area contributed by atoms with E-state index in [1.54, 1.807) is 18.9 Å². The van der Waals surface area contributed by atoms with Crippen LogP contribution in [0.5, 0.6) is 5.75 Å². The number of carbonyl (C=O) groups excluding carboxylic acids is 1. The minimum Gasteiger partial charge on any atom is -0.406 e. The number of benzene rings is 1. The highest BCUT2D eigenvalue weighted by molar-refractivity contribution is 5.92. The van der Waals surface area contributed by atoms with Crippen molar-refractivity contribution >= 4 is 11.6 Å². The van der Waals surface area contributed by atoms with E-state index in [9.17, 15) is 18.0 Å². The largest absolute Gasteiger partial charge is 0.573 e. The van der Waals surface area contributed by atoms with E-state index in [0.29, 0.717) is 5.69 Å². The summed E-state index contributed by atoms with van der Waals surface area (Å²) in [5.74, 6) is -0.686. The van der Waals surface area contributed by atoms with E-state index in [0.717, 1.165) is 12.1 Å². The zero-order chi connectivity index (χ0) is 16.0. The van der Waals surface area contributed by atoms with Crippen LogP contribution in [-0.4, -0.2) is 48.5 Å². The number of halogens is 3. The standard InChI is InChI=1S/C13H17F3N2O3/c1-9(8-19)18(2)7-12(20)17-10-3-5-11(6-4-10)21-13(14,15)16/h3-6,9,19H,7-8H2,1-2H3,(H,17,20). The van der Waals surface area contributed by atoms with E-state index in [-0.39, 0.29) is 30.9 Å². The summed E-state index contributed by atoms with van der Waals surface area (Å²) in [5, 5.41) is 11.5. The molecule has 8 heteroatoms. The molecule has 5 nitrogen and oxygen atoms in total. The van der Waals surface area contributed by atoms with Crippen molar-refractivity contribution in [2.45, 2.75) is 19.3 Å². The van der Waals surface area contributed by atoms with Crippen LogP contribution in [-0.2, 0) is 4.79 Å². The summed E-state index contributed by atoms with van der Waals surface area (Å²) in [6.07, 6.45) is -4.74. The van der Waals surface area contributed by atoms with Crippen LogP contribution in [0.15, 0.2) is 24.3 Å². The number of likely N-dealkylation sites (N-methyl/N-ethyl adjacent to an activating group) is 1. The van der Waals surface area contributed by atoms with Crippen LogP contribution in [0.2, 0.25) is 0 Å². The SMILES string of the molecule is CC(CO)N(C)CC(=O)Nc1ccc(OC(F)(F)F)cc1. The Hall–Kier alpha value is -1.80. The monoisotopic (exact) mass is 306 g/mol. The van der Waals surface area contributed by atoms with Gasteiger partial charge in [-0.25, -0.2) is 0 Å². The quantitative estimate of drug-likeness (QED) is 0.842. The van der Waals surface area contributed by atoms with Crippen molar-refractivity contribution in [1.82, 2.24) is 4.90 Å². The van der Waals surface area contributed by atoms with Gasteiger partial charge in [0.25, 0.3) is 0 Å². The summed E-state index contributed by atoms with van der Waals surface area (Å²) in [7, 11) is 1.68. The number of ether oxygens (including phenoxy) is 1. The van der Waals surface area contributed by atoms with Gasteiger partial charge in [0, 0.05) is 11.7 Å². The van der Waals surface area contributed by atoms with Crippen molar-refractivity contribution in [2.75, 3.05) is 25.5 Å². The Morgan fingerprint density at radius 3 is 2.43 bits per heavy atom. The maximum atomic E-state index is 12.0. The molecule has 0 saturated carbocycles. The number of hydrogen-bond acceptors (Lipinski definition) is 4. The Morgan fingerprint density at radius 2 is 1.95 bits per heavy atom. The van der Waals surface area contributed by atoms with Gasteiger partial charge in [-0.2, -0.15) is 0 Å². The van der Waals surface area contributed by atoms with Gasteiger partial charge in [0.2, 0.25) is 5.91 Å². The zero-order valence-corrected chi connectivity index (χ0v) is 11.6. The molecular formula is C13H17F3N2O3. The summed E-state index contributed by atoms with van der Waals surface area (Å²) in [5.41, 5.74) is 0.361. The van der Waals surface area contributed by atoms with Gasteiger partial charge in [0.05, 0.1) is 13.2 Å². The molecule has 0 heterocycles. The maximum Gasteiger partial charge on any atom is 0.573 e. The van der Waals surface area contributed by atoms with Crippen LogP contribution in [0, 0.1) is 0 Å². The van der Waals surface area contributed by atoms with Crippen LogP contribution in [0.3, 0.4) is 0 Å². The smallest absolute Gasteiger partial charge is 0.406 e. The number of amides is 1. The first-order valence-electron chi connectivity index (χ1n) is 6.18. The molecule has 0 aromatic heterocycles. The summed E-state index contributed by atoms with van der Waals surface area (Å²) in [4.78, 5) is 13.4. The fourth-order valence-corrected chi connectivity index (χ4v) is 1.46. The minimum atomic E-state index is -4.74. The minimum absolute atomic E-state index is 0.0581. The van der Waals surface area contributed by atoms with E-state index in [2.05, 4.69) is 10.1 Å². The molecule has 0 bridgehead atoms. The summed E-state index contributed by atoms with van der Waals surface area (Å²) >= 11 is 0. The molecule has 21 heavy (non-hydrogen) atoms. The Labute approximate surface area is 120 Å². The normalized spacial score (nSPS) is 13.1. The van der Waals surface area contributed by atoms with Gasteiger partial charge in [-0.05, 0) is 38.2 Å². The molecule has 0 aliphatic carbocycles. The van der Waals surface area contributed by atoms with Crippen LogP contribution < -0.4 is 10.1 Å². The Morgan fingerprint density at radius 1 is 1.38 bits per heavy atom. The second-order valence-electron chi connectivity index (χ2n) is 4.57. The average molecular weight is 306 g/mol. The van der Waals surface area contributed by atoms with E-state index in [1.165, 1.54) is 12.1 Å². The maximum absolute atomic E-state index is 12.0. The van der Waals surface area contributed by atoms with Crippen LogP contribution in [0.4, 0.5) is 18.9 Å². The van der Waals surface area contributed by atoms with Crippen LogP contribution in [0.25, 0.3) is 0 Å². The third kappa shape index (κ3) is 6.46. The number of hydrogen-bond donors (Lipinski definition) is 2. The second kappa shape index (κ2) is 7.28. The Bertz CT molecular complexity index is 463. The van der Waals surface area contributed by atoms with Gasteiger partial charge in [0.1, 0.15) is 5.75 Å². The zero-order valence-electron chi connectivity index (χ0n) is 11.6. The molecule has 0 spiro atoms. The number of rotatable bonds is 6. The van der Waals surface area contributed by atoms with E-state index < -0.39 is 6.36 Å². The van der Waals surface area contributed by atoms with Crippen molar-refractivity contribution in [3.05, 3.63) is 24.3 Å². The van der Waals surface area contributed by atoms with Crippen LogP contribution >= 0.6 is 0 Å². The number of carbonyl (C=O) groups is 1. The highest BCUT2D eigenvalue weighted by atomic mass is 19.4. The molecule has 0 fully saturated rings. The summed E-state index contributed by atoms with van der Waals surface area (Å²) in [6.45, 7) is 1.74. The van der Waals surface area contributed by atoms with E-state index in [4.69, 9.17) is 5.11 Å². The molecule has 1 amide bonds. The van der Waals surface area contributed by atoms with Crippen molar-refractivity contribution in [3.8, 4) is 5.75 Å². The lowest BCUT2D eigenvalue weighted by molar-refractivity contribution is -0.274. The van der Waals surface area contributed by atoms with Gasteiger partial charge in [-0.3, -0.25) is 9.69 Å². The van der Waals surface area contributed by atoms with Crippen molar-refractivity contribution in [3.63, 3.8) is 0 Å². The lowest BCUT2D eigenvalue weighted by Crippen LogP contribution is -2.38. The molecular weight excluding hydrogens is 289 g/mol. The van der Waals surface area contributed by atoms with Gasteiger partial charge < -0.3 is 15.2 Å². The van der Waals surface area contributed by atoms with Crippen molar-refractivity contribution in [1.29, 1.82) is 0 Å². The summed E-state index contributed by atoms with van der Waals surface area (Å²) in [6, 6.07) is 4.69.